The molecule has 120 valence electrons. The van der Waals surface area contributed by atoms with Crippen molar-refractivity contribution in [3.63, 3.8) is 0 Å². The molecule has 3 aromatic rings. The van der Waals surface area contributed by atoms with Gasteiger partial charge in [0.25, 0.3) is 5.69 Å². The number of nitrogen functional groups attached to an aromatic ring is 1. The minimum Gasteiger partial charge on any atom is -0.369 e. The van der Waals surface area contributed by atoms with Gasteiger partial charge in [0.05, 0.1) is 4.92 Å². The predicted octanol–water partition coefficient (Wildman–Crippen LogP) is 3.45. The van der Waals surface area contributed by atoms with E-state index in [1.54, 1.807) is 24.3 Å². The third-order valence-electron chi connectivity index (χ3n) is 3.41. The number of non-ortho nitro benzene ring substituents is 1. The van der Waals surface area contributed by atoms with Gasteiger partial charge < -0.3 is 10.7 Å². The number of benzene rings is 2. The van der Waals surface area contributed by atoms with Crippen molar-refractivity contribution in [2.24, 2.45) is 0 Å². The fourth-order valence-corrected chi connectivity index (χ4v) is 2.38. The molecule has 0 radical (unpaired) electrons. The average molecular weight is 343 g/mol. The first-order valence-corrected chi connectivity index (χ1v) is 7.24. The summed E-state index contributed by atoms with van der Waals surface area (Å²) < 4.78 is 0. The minimum atomic E-state index is -0.526. The quantitative estimate of drug-likeness (QED) is 0.428. The maximum Gasteiger partial charge on any atom is 0.269 e. The van der Waals surface area contributed by atoms with E-state index in [0.29, 0.717) is 21.8 Å². The number of H-pyrrole nitrogens is 1. The van der Waals surface area contributed by atoms with Gasteiger partial charge in [-0.05, 0) is 24.3 Å². The van der Waals surface area contributed by atoms with Gasteiger partial charge in [0.15, 0.2) is 5.95 Å². The van der Waals surface area contributed by atoms with Crippen LogP contribution in [0.5, 0.6) is 0 Å². The highest BCUT2D eigenvalue weighted by Gasteiger charge is 2.20. The first-order chi connectivity index (χ1) is 11.5. The van der Waals surface area contributed by atoms with Crippen LogP contribution < -0.4 is 5.73 Å². The fourth-order valence-electron chi connectivity index (χ4n) is 2.25. The molecular weight excluding hydrogens is 332 g/mol. The van der Waals surface area contributed by atoms with Gasteiger partial charge in [-0.15, -0.1) is 0 Å². The standard InChI is InChI=1S/C16H11ClN4O3/c17-11-5-1-9(2-6-11)13-14(20-16(18)19-13)15(22)10-3-7-12(8-4-10)21(23)24/h1-8H,(H3,18,19,20). The van der Waals surface area contributed by atoms with E-state index in [-0.39, 0.29) is 23.1 Å². The first-order valence-electron chi connectivity index (χ1n) is 6.86. The van der Waals surface area contributed by atoms with Crippen molar-refractivity contribution in [3.8, 4) is 11.3 Å². The van der Waals surface area contributed by atoms with Crippen LogP contribution in [-0.2, 0) is 0 Å². The van der Waals surface area contributed by atoms with Crippen molar-refractivity contribution in [1.82, 2.24) is 9.97 Å². The molecular formula is C16H11ClN4O3. The number of hydrogen-bond donors (Lipinski definition) is 2. The lowest BCUT2D eigenvalue weighted by Gasteiger charge is -2.03. The first kappa shape index (κ1) is 15.7. The molecule has 0 fully saturated rings. The second-order valence-electron chi connectivity index (χ2n) is 4.99. The number of rotatable bonds is 4. The van der Waals surface area contributed by atoms with Crippen LogP contribution in [0.2, 0.25) is 5.02 Å². The largest absolute Gasteiger partial charge is 0.369 e. The van der Waals surface area contributed by atoms with Gasteiger partial charge in [0.2, 0.25) is 5.78 Å². The molecule has 0 amide bonds. The molecule has 1 heterocycles. The number of hydrogen-bond acceptors (Lipinski definition) is 5. The van der Waals surface area contributed by atoms with Gasteiger partial charge in [0, 0.05) is 28.3 Å². The Balaban J connectivity index is 2.01. The van der Waals surface area contributed by atoms with Crippen LogP contribution >= 0.6 is 11.6 Å². The smallest absolute Gasteiger partial charge is 0.269 e. The summed E-state index contributed by atoms with van der Waals surface area (Å²) in [7, 11) is 0. The number of halogens is 1. The Morgan fingerprint density at radius 1 is 1.12 bits per heavy atom. The molecule has 0 spiro atoms. The van der Waals surface area contributed by atoms with Crippen LogP contribution in [0.4, 0.5) is 11.6 Å². The Kier molecular flexibility index (Phi) is 4.01. The lowest BCUT2D eigenvalue weighted by molar-refractivity contribution is -0.384. The molecule has 0 aliphatic heterocycles. The summed E-state index contributed by atoms with van der Waals surface area (Å²) in [5, 5.41) is 11.3. The van der Waals surface area contributed by atoms with Gasteiger partial charge >= 0.3 is 0 Å². The van der Waals surface area contributed by atoms with E-state index in [1.165, 1.54) is 24.3 Å². The molecule has 0 aliphatic rings. The highest BCUT2D eigenvalue weighted by molar-refractivity contribution is 6.30. The maximum atomic E-state index is 12.7. The van der Waals surface area contributed by atoms with Gasteiger partial charge in [-0.1, -0.05) is 23.7 Å². The lowest BCUT2D eigenvalue weighted by atomic mass is 10.0. The number of nitro groups is 1. The van der Waals surface area contributed by atoms with E-state index in [0.717, 1.165) is 0 Å². The van der Waals surface area contributed by atoms with Crippen molar-refractivity contribution in [2.75, 3.05) is 5.73 Å². The highest BCUT2D eigenvalue weighted by atomic mass is 35.5. The van der Waals surface area contributed by atoms with Crippen LogP contribution in [0, 0.1) is 10.1 Å². The molecule has 0 saturated heterocycles. The van der Waals surface area contributed by atoms with Gasteiger partial charge in [-0.2, -0.15) is 0 Å². The van der Waals surface area contributed by atoms with Gasteiger partial charge in [-0.3, -0.25) is 14.9 Å². The van der Waals surface area contributed by atoms with E-state index in [2.05, 4.69) is 9.97 Å². The number of nitro benzene ring substituents is 1. The molecule has 0 saturated carbocycles. The summed E-state index contributed by atoms with van der Waals surface area (Å²) in [5.74, 6) is -0.260. The van der Waals surface area contributed by atoms with E-state index in [4.69, 9.17) is 17.3 Å². The summed E-state index contributed by atoms with van der Waals surface area (Å²) in [5.41, 5.74) is 7.18. The summed E-state index contributed by atoms with van der Waals surface area (Å²) in [6.07, 6.45) is 0. The van der Waals surface area contributed by atoms with E-state index in [9.17, 15) is 14.9 Å². The maximum absolute atomic E-state index is 12.7. The number of anilines is 1. The average Bonchev–Trinajstić information content (AvgIpc) is 2.96. The number of aromatic nitrogens is 2. The van der Waals surface area contributed by atoms with Crippen LogP contribution in [0.25, 0.3) is 11.3 Å². The Morgan fingerprint density at radius 2 is 1.75 bits per heavy atom. The Morgan fingerprint density at radius 3 is 2.33 bits per heavy atom. The molecule has 0 atom stereocenters. The van der Waals surface area contributed by atoms with Crippen molar-refractivity contribution in [3.05, 3.63) is 74.9 Å². The van der Waals surface area contributed by atoms with E-state index >= 15 is 0 Å². The summed E-state index contributed by atoms with van der Waals surface area (Å²) in [6, 6.07) is 12.1. The van der Waals surface area contributed by atoms with E-state index < -0.39 is 4.92 Å². The zero-order chi connectivity index (χ0) is 17.3. The third-order valence-corrected chi connectivity index (χ3v) is 3.66. The van der Waals surface area contributed by atoms with Gasteiger partial charge in [0.1, 0.15) is 11.4 Å². The lowest BCUT2D eigenvalue weighted by Crippen LogP contribution is -2.04. The molecule has 2 aromatic carbocycles. The van der Waals surface area contributed by atoms with Crippen molar-refractivity contribution in [2.45, 2.75) is 0 Å². The second-order valence-corrected chi connectivity index (χ2v) is 5.42. The van der Waals surface area contributed by atoms with Crippen LogP contribution in [-0.4, -0.2) is 20.7 Å². The molecule has 0 aliphatic carbocycles. The number of imidazole rings is 1. The van der Waals surface area contributed by atoms with Crippen LogP contribution in [0.15, 0.2) is 48.5 Å². The molecule has 8 heteroatoms. The molecule has 1 aromatic heterocycles. The second kappa shape index (κ2) is 6.13. The Bertz CT molecular complexity index is 918. The number of ketones is 1. The number of nitrogens with zero attached hydrogens (tertiary/aromatic N) is 2. The highest BCUT2D eigenvalue weighted by Crippen LogP contribution is 2.26. The summed E-state index contributed by atoms with van der Waals surface area (Å²) >= 11 is 5.87. The number of nitrogens with two attached hydrogens (primary N) is 1. The zero-order valence-corrected chi connectivity index (χ0v) is 12.9. The van der Waals surface area contributed by atoms with Crippen molar-refractivity contribution >= 4 is 29.0 Å². The Labute approximate surface area is 141 Å². The molecule has 3 N–H and O–H groups in total. The molecule has 24 heavy (non-hydrogen) atoms. The molecule has 0 bridgehead atoms. The predicted molar refractivity (Wildman–Crippen MR) is 90.0 cm³/mol. The zero-order valence-electron chi connectivity index (χ0n) is 12.2. The number of nitrogens with one attached hydrogen (secondary N) is 1. The normalized spacial score (nSPS) is 10.5. The number of carbonyl (C=O) groups excluding carboxylic acids is 1. The Hall–Kier alpha value is -3.19. The summed E-state index contributed by atoms with van der Waals surface area (Å²) in [6.45, 7) is 0. The molecule has 7 nitrogen and oxygen atoms in total. The van der Waals surface area contributed by atoms with Crippen LogP contribution in [0.3, 0.4) is 0 Å². The van der Waals surface area contributed by atoms with Crippen LogP contribution in [0.1, 0.15) is 16.1 Å². The third kappa shape index (κ3) is 2.97. The topological polar surface area (TPSA) is 115 Å². The summed E-state index contributed by atoms with van der Waals surface area (Å²) in [4.78, 5) is 29.7. The monoisotopic (exact) mass is 342 g/mol. The number of aromatic amines is 1. The fraction of sp³-hybridized carbons (Fsp3) is 0. The molecule has 0 unspecified atom stereocenters. The van der Waals surface area contributed by atoms with E-state index in [1.807, 2.05) is 0 Å². The minimum absolute atomic E-state index is 0.0893. The molecule has 3 rings (SSSR count). The van der Waals surface area contributed by atoms with Crippen molar-refractivity contribution in [1.29, 1.82) is 0 Å². The van der Waals surface area contributed by atoms with Gasteiger partial charge in [-0.25, -0.2) is 4.98 Å². The van der Waals surface area contributed by atoms with Crippen molar-refractivity contribution < 1.29 is 9.72 Å². The SMILES string of the molecule is Nc1nc(-c2ccc(Cl)cc2)c(C(=O)c2ccc([N+](=O)[O-])cc2)[nH]1. The number of carbonyl (C=O) groups is 1.